The zero-order valence-corrected chi connectivity index (χ0v) is 12.1. The Morgan fingerprint density at radius 1 is 1.33 bits per heavy atom. The fourth-order valence-corrected chi connectivity index (χ4v) is 2.64. The number of nitrogens with zero attached hydrogens (tertiary/aromatic N) is 1. The molecule has 2 N–H and O–H groups in total. The Balaban J connectivity index is 1.54. The van der Waals surface area contributed by atoms with Crippen molar-refractivity contribution >= 4 is 11.6 Å². The van der Waals surface area contributed by atoms with Crippen molar-refractivity contribution in [2.75, 3.05) is 11.9 Å². The molecule has 2 heterocycles. The number of amides is 1. The second-order valence-electron chi connectivity index (χ2n) is 5.45. The number of pyridine rings is 1. The minimum Gasteiger partial charge on any atom is -0.384 e. The van der Waals surface area contributed by atoms with E-state index in [9.17, 15) is 4.79 Å². The molecule has 0 aliphatic carbocycles. The monoisotopic (exact) mass is 281 g/mol. The predicted molar refractivity (Wildman–Crippen MR) is 83.1 cm³/mol. The van der Waals surface area contributed by atoms with E-state index in [4.69, 9.17) is 0 Å². The number of fused-ring (bicyclic) bond motifs is 1. The second-order valence-corrected chi connectivity index (χ2v) is 5.45. The number of hydrogen-bond donors (Lipinski definition) is 2. The molecule has 0 saturated carbocycles. The summed E-state index contributed by atoms with van der Waals surface area (Å²) < 4.78 is 0. The van der Waals surface area contributed by atoms with Crippen LogP contribution in [0.1, 0.15) is 29.2 Å². The van der Waals surface area contributed by atoms with Crippen LogP contribution >= 0.6 is 0 Å². The van der Waals surface area contributed by atoms with E-state index in [2.05, 4.69) is 27.8 Å². The predicted octanol–water partition coefficient (Wildman–Crippen LogP) is 2.61. The summed E-state index contributed by atoms with van der Waals surface area (Å²) in [6, 6.07) is 12.1. The second kappa shape index (κ2) is 5.95. The van der Waals surface area contributed by atoms with E-state index in [1.807, 2.05) is 37.4 Å². The van der Waals surface area contributed by atoms with Gasteiger partial charge in [0.1, 0.15) is 0 Å². The van der Waals surface area contributed by atoms with Gasteiger partial charge in [-0.2, -0.15) is 0 Å². The molecule has 3 rings (SSSR count). The molecular formula is C17H19N3O. The number of carbonyl (C=O) groups excluding carboxylic acids is 1. The standard InChI is InChI=1S/C17H19N3O/c1-12-6-7-13(9-18-12)10-20-17(21)8-14-11-19-16-5-3-2-4-15(14)16/h2-7,9,14,19H,8,10-11H2,1H3,(H,20,21). The molecule has 0 spiro atoms. The van der Waals surface area contributed by atoms with E-state index < -0.39 is 0 Å². The Hall–Kier alpha value is -2.36. The summed E-state index contributed by atoms with van der Waals surface area (Å²) in [7, 11) is 0. The van der Waals surface area contributed by atoms with Crippen molar-refractivity contribution in [2.24, 2.45) is 0 Å². The molecule has 1 amide bonds. The van der Waals surface area contributed by atoms with Crippen LogP contribution in [0, 0.1) is 6.92 Å². The van der Waals surface area contributed by atoms with Crippen molar-refractivity contribution in [3.63, 3.8) is 0 Å². The molecule has 4 nitrogen and oxygen atoms in total. The number of aromatic nitrogens is 1. The largest absolute Gasteiger partial charge is 0.384 e. The van der Waals surface area contributed by atoms with E-state index in [0.717, 1.165) is 23.5 Å². The summed E-state index contributed by atoms with van der Waals surface area (Å²) in [5.41, 5.74) is 4.40. The average molecular weight is 281 g/mol. The Bertz CT molecular complexity index is 637. The lowest BCUT2D eigenvalue weighted by molar-refractivity contribution is -0.121. The fourth-order valence-electron chi connectivity index (χ4n) is 2.64. The summed E-state index contributed by atoms with van der Waals surface area (Å²) in [6.45, 7) is 3.32. The van der Waals surface area contributed by atoms with Gasteiger partial charge in [0, 0.05) is 43.0 Å². The van der Waals surface area contributed by atoms with Crippen LogP contribution in [0.15, 0.2) is 42.6 Å². The molecule has 1 aromatic heterocycles. The maximum atomic E-state index is 12.1. The third-order valence-corrected chi connectivity index (χ3v) is 3.83. The summed E-state index contributed by atoms with van der Waals surface area (Å²) in [4.78, 5) is 16.3. The molecular weight excluding hydrogens is 262 g/mol. The Labute approximate surface area is 124 Å². The highest BCUT2D eigenvalue weighted by atomic mass is 16.1. The maximum absolute atomic E-state index is 12.1. The van der Waals surface area contributed by atoms with Crippen LogP contribution in [0.3, 0.4) is 0 Å². The van der Waals surface area contributed by atoms with Gasteiger partial charge >= 0.3 is 0 Å². The summed E-state index contributed by atoms with van der Waals surface area (Å²) in [5.74, 6) is 0.344. The molecule has 0 fully saturated rings. The number of para-hydroxylation sites is 1. The number of aryl methyl sites for hydroxylation is 1. The maximum Gasteiger partial charge on any atom is 0.220 e. The minimum absolute atomic E-state index is 0.0825. The SMILES string of the molecule is Cc1ccc(CNC(=O)CC2CNc3ccccc32)cn1. The third kappa shape index (κ3) is 3.21. The first kappa shape index (κ1) is 13.6. The van der Waals surface area contributed by atoms with E-state index in [0.29, 0.717) is 13.0 Å². The minimum atomic E-state index is 0.0825. The van der Waals surface area contributed by atoms with Crippen LogP contribution in [0.25, 0.3) is 0 Å². The first-order chi connectivity index (χ1) is 10.2. The number of rotatable bonds is 4. The van der Waals surface area contributed by atoms with Gasteiger partial charge in [0.2, 0.25) is 5.91 Å². The number of carbonyl (C=O) groups is 1. The van der Waals surface area contributed by atoms with Crippen molar-refractivity contribution in [2.45, 2.75) is 25.8 Å². The molecule has 0 saturated heterocycles. The van der Waals surface area contributed by atoms with E-state index in [1.165, 1.54) is 5.56 Å². The van der Waals surface area contributed by atoms with Crippen LogP contribution in [-0.2, 0) is 11.3 Å². The van der Waals surface area contributed by atoms with Gasteiger partial charge in [-0.25, -0.2) is 0 Å². The highest BCUT2D eigenvalue weighted by Gasteiger charge is 2.23. The lowest BCUT2D eigenvalue weighted by atomic mass is 9.97. The third-order valence-electron chi connectivity index (χ3n) is 3.83. The van der Waals surface area contributed by atoms with Crippen LogP contribution in [0.4, 0.5) is 5.69 Å². The lowest BCUT2D eigenvalue weighted by Crippen LogP contribution is -2.25. The van der Waals surface area contributed by atoms with E-state index in [-0.39, 0.29) is 11.8 Å². The van der Waals surface area contributed by atoms with Crippen molar-refractivity contribution in [1.29, 1.82) is 0 Å². The van der Waals surface area contributed by atoms with E-state index >= 15 is 0 Å². The lowest BCUT2D eigenvalue weighted by Gasteiger charge is -2.10. The molecule has 0 radical (unpaired) electrons. The van der Waals surface area contributed by atoms with Crippen molar-refractivity contribution < 1.29 is 4.79 Å². The first-order valence-electron chi connectivity index (χ1n) is 7.23. The number of nitrogens with one attached hydrogen (secondary N) is 2. The van der Waals surface area contributed by atoms with Gasteiger partial charge in [-0.1, -0.05) is 24.3 Å². The van der Waals surface area contributed by atoms with Gasteiger partial charge in [0.05, 0.1) is 0 Å². The highest BCUT2D eigenvalue weighted by molar-refractivity contribution is 5.78. The van der Waals surface area contributed by atoms with Gasteiger partial charge in [-0.15, -0.1) is 0 Å². The molecule has 21 heavy (non-hydrogen) atoms. The molecule has 1 aliphatic rings. The molecule has 0 bridgehead atoms. The average Bonchev–Trinajstić information content (AvgIpc) is 2.90. The fraction of sp³-hybridized carbons (Fsp3) is 0.294. The molecule has 1 aliphatic heterocycles. The van der Waals surface area contributed by atoms with Crippen LogP contribution < -0.4 is 10.6 Å². The Morgan fingerprint density at radius 2 is 2.19 bits per heavy atom. The zero-order chi connectivity index (χ0) is 14.7. The van der Waals surface area contributed by atoms with Crippen LogP contribution in [0.5, 0.6) is 0 Å². The molecule has 108 valence electrons. The van der Waals surface area contributed by atoms with E-state index in [1.54, 1.807) is 0 Å². The van der Waals surface area contributed by atoms with Gasteiger partial charge in [-0.3, -0.25) is 9.78 Å². The zero-order valence-electron chi connectivity index (χ0n) is 12.1. The summed E-state index contributed by atoms with van der Waals surface area (Å²) in [5, 5.41) is 6.31. The Morgan fingerprint density at radius 3 is 3.00 bits per heavy atom. The van der Waals surface area contributed by atoms with Gasteiger partial charge < -0.3 is 10.6 Å². The van der Waals surface area contributed by atoms with Crippen molar-refractivity contribution in [3.05, 3.63) is 59.4 Å². The van der Waals surface area contributed by atoms with Gasteiger partial charge in [-0.05, 0) is 30.2 Å². The molecule has 1 aromatic carbocycles. The van der Waals surface area contributed by atoms with Crippen molar-refractivity contribution in [3.8, 4) is 0 Å². The highest BCUT2D eigenvalue weighted by Crippen LogP contribution is 2.32. The quantitative estimate of drug-likeness (QED) is 0.905. The van der Waals surface area contributed by atoms with Crippen LogP contribution in [0.2, 0.25) is 0 Å². The normalized spacial score (nSPS) is 16.1. The van der Waals surface area contributed by atoms with Gasteiger partial charge in [0.25, 0.3) is 0 Å². The Kier molecular flexibility index (Phi) is 3.86. The molecule has 1 unspecified atom stereocenters. The van der Waals surface area contributed by atoms with Gasteiger partial charge in [0.15, 0.2) is 0 Å². The number of anilines is 1. The summed E-state index contributed by atoms with van der Waals surface area (Å²) >= 11 is 0. The topological polar surface area (TPSA) is 54.0 Å². The first-order valence-corrected chi connectivity index (χ1v) is 7.23. The number of benzene rings is 1. The van der Waals surface area contributed by atoms with Crippen molar-refractivity contribution in [1.82, 2.24) is 10.3 Å². The molecule has 1 atom stereocenters. The summed E-state index contributed by atoms with van der Waals surface area (Å²) in [6.07, 6.45) is 2.32. The smallest absolute Gasteiger partial charge is 0.220 e. The number of hydrogen-bond acceptors (Lipinski definition) is 3. The molecule has 2 aromatic rings. The molecule has 4 heteroatoms. The van der Waals surface area contributed by atoms with Crippen LogP contribution in [-0.4, -0.2) is 17.4 Å².